The van der Waals surface area contributed by atoms with E-state index in [-0.39, 0.29) is 5.41 Å². The lowest BCUT2D eigenvalue weighted by molar-refractivity contribution is -0.127. The number of hydrogen-bond acceptors (Lipinski definition) is 3. The number of Topliss-reactive ketones (excluding diaryl/α,β-unsaturated/α-hetero) is 1. The maximum Gasteiger partial charge on any atom is 0.133 e. The van der Waals surface area contributed by atoms with Crippen LogP contribution in [0.4, 0.5) is 0 Å². The lowest BCUT2D eigenvalue weighted by Gasteiger charge is -2.59. The monoisotopic (exact) mass is 325 g/mol. The number of carbonyl (C=O) groups excluding carboxylic acids is 1. The fourth-order valence-corrected chi connectivity index (χ4v) is 6.13. The summed E-state index contributed by atoms with van der Waals surface area (Å²) in [7, 11) is 0. The molecule has 2 saturated carbocycles. The van der Waals surface area contributed by atoms with E-state index in [1.807, 2.05) is 12.1 Å². The Bertz CT molecular complexity index is 680. The van der Waals surface area contributed by atoms with Gasteiger partial charge in [0.25, 0.3) is 0 Å². The lowest BCUT2D eigenvalue weighted by Crippen LogP contribution is -2.62. The van der Waals surface area contributed by atoms with Crippen molar-refractivity contribution in [3.05, 3.63) is 29.3 Å². The molecule has 4 aliphatic rings. The van der Waals surface area contributed by atoms with E-state index in [9.17, 15) is 9.90 Å². The Balaban J connectivity index is 1.56. The van der Waals surface area contributed by atoms with Crippen molar-refractivity contribution in [2.24, 2.45) is 11.8 Å². The summed E-state index contributed by atoms with van der Waals surface area (Å²) in [6, 6.07) is 6.51. The first-order chi connectivity index (χ1) is 11.7. The van der Waals surface area contributed by atoms with Crippen LogP contribution in [0.25, 0.3) is 0 Å². The molecule has 1 aromatic carbocycles. The molecule has 128 valence electrons. The normalized spacial score (nSPS) is 35.9. The Kier molecular flexibility index (Phi) is 3.31. The third-order valence-corrected chi connectivity index (χ3v) is 7.51. The van der Waals surface area contributed by atoms with E-state index in [1.54, 1.807) is 0 Å². The molecule has 1 saturated heterocycles. The van der Waals surface area contributed by atoms with Crippen LogP contribution in [0.1, 0.15) is 56.1 Å². The summed E-state index contributed by atoms with van der Waals surface area (Å²) in [5.74, 6) is 2.28. The van der Waals surface area contributed by atoms with Gasteiger partial charge in [-0.3, -0.25) is 9.69 Å². The van der Waals surface area contributed by atoms with Crippen LogP contribution in [0.2, 0.25) is 0 Å². The number of carbonyl (C=O) groups is 1. The quantitative estimate of drug-likeness (QED) is 0.905. The molecule has 1 N–H and O–H groups in total. The fourth-order valence-electron chi connectivity index (χ4n) is 6.13. The maximum atomic E-state index is 12.3. The average Bonchev–Trinajstić information content (AvgIpc) is 2.52. The SMILES string of the molecule is O=C1CC[C@@H]2[C@H]3Cc4ccc(O)cc4[C@@]2(CCN3CC2CCC2)C1. The Morgan fingerprint density at radius 3 is 2.92 bits per heavy atom. The Hall–Kier alpha value is -1.35. The molecule has 0 spiro atoms. The number of rotatable bonds is 2. The third kappa shape index (κ3) is 2.10. The molecule has 0 unspecified atom stereocenters. The van der Waals surface area contributed by atoms with E-state index in [4.69, 9.17) is 0 Å². The number of aromatic hydroxyl groups is 1. The summed E-state index contributed by atoms with van der Waals surface area (Å²) < 4.78 is 0. The molecule has 5 rings (SSSR count). The van der Waals surface area contributed by atoms with Crippen LogP contribution in [-0.4, -0.2) is 34.9 Å². The summed E-state index contributed by atoms with van der Waals surface area (Å²) in [5, 5.41) is 10.1. The number of hydrogen-bond donors (Lipinski definition) is 1. The molecule has 3 heteroatoms. The molecular weight excluding hydrogens is 298 g/mol. The number of benzene rings is 1. The highest BCUT2D eigenvalue weighted by Crippen LogP contribution is 2.55. The van der Waals surface area contributed by atoms with Crippen LogP contribution in [0, 0.1) is 11.8 Å². The van der Waals surface area contributed by atoms with Crippen molar-refractivity contribution in [2.45, 2.75) is 62.8 Å². The number of fused-ring (bicyclic) bond motifs is 1. The van der Waals surface area contributed by atoms with Gasteiger partial charge in [0.2, 0.25) is 0 Å². The summed E-state index contributed by atoms with van der Waals surface area (Å²) in [6.07, 6.45) is 8.90. The molecule has 2 bridgehead atoms. The van der Waals surface area contributed by atoms with Gasteiger partial charge < -0.3 is 5.11 Å². The molecule has 3 fully saturated rings. The van der Waals surface area contributed by atoms with Crippen molar-refractivity contribution < 1.29 is 9.90 Å². The van der Waals surface area contributed by atoms with Crippen molar-refractivity contribution in [1.82, 2.24) is 4.90 Å². The van der Waals surface area contributed by atoms with Gasteiger partial charge in [-0.2, -0.15) is 0 Å². The smallest absolute Gasteiger partial charge is 0.133 e. The highest BCUT2D eigenvalue weighted by Gasteiger charge is 2.55. The molecule has 1 heterocycles. The summed E-state index contributed by atoms with van der Waals surface area (Å²) in [4.78, 5) is 15.1. The van der Waals surface area contributed by atoms with Gasteiger partial charge in [-0.25, -0.2) is 0 Å². The highest BCUT2D eigenvalue weighted by atomic mass is 16.3. The molecule has 3 nitrogen and oxygen atoms in total. The van der Waals surface area contributed by atoms with Crippen molar-refractivity contribution in [3.8, 4) is 5.75 Å². The zero-order valence-electron chi connectivity index (χ0n) is 14.3. The van der Waals surface area contributed by atoms with Crippen LogP contribution in [0.15, 0.2) is 18.2 Å². The van der Waals surface area contributed by atoms with E-state index < -0.39 is 0 Å². The van der Waals surface area contributed by atoms with Gasteiger partial charge in [0.15, 0.2) is 0 Å². The van der Waals surface area contributed by atoms with E-state index in [2.05, 4.69) is 11.0 Å². The fraction of sp³-hybridized carbons (Fsp3) is 0.667. The van der Waals surface area contributed by atoms with E-state index in [1.165, 1.54) is 36.9 Å². The number of phenolic OH excluding ortho intramolecular Hbond substituents is 1. The van der Waals surface area contributed by atoms with Crippen LogP contribution >= 0.6 is 0 Å². The van der Waals surface area contributed by atoms with Gasteiger partial charge in [-0.1, -0.05) is 12.5 Å². The minimum atomic E-state index is 0.00242. The minimum Gasteiger partial charge on any atom is -0.508 e. The van der Waals surface area contributed by atoms with Crippen LogP contribution in [0.5, 0.6) is 5.75 Å². The Labute approximate surface area is 144 Å². The molecule has 3 atom stereocenters. The Morgan fingerprint density at radius 1 is 1.25 bits per heavy atom. The van der Waals surface area contributed by atoms with Crippen LogP contribution in [0.3, 0.4) is 0 Å². The van der Waals surface area contributed by atoms with E-state index in [0.29, 0.717) is 29.9 Å². The standard InChI is InChI=1S/C21H27NO2/c23-16-5-4-15-10-20-18-7-6-17(24)12-21(18,19(15)11-16)8-9-22(20)13-14-2-1-3-14/h4-5,11,14,18,20,23H,1-3,6-10,12-13H2/t18-,20-,21+/m1/s1. The molecule has 1 aromatic rings. The van der Waals surface area contributed by atoms with Crippen molar-refractivity contribution >= 4 is 5.78 Å². The molecular formula is C21H27NO2. The largest absolute Gasteiger partial charge is 0.508 e. The maximum absolute atomic E-state index is 12.3. The first kappa shape index (κ1) is 14.9. The van der Waals surface area contributed by atoms with Gasteiger partial charge in [-0.15, -0.1) is 0 Å². The first-order valence-corrected chi connectivity index (χ1v) is 9.74. The zero-order chi connectivity index (χ0) is 16.3. The average molecular weight is 325 g/mol. The number of phenols is 1. The second kappa shape index (κ2) is 5.32. The molecule has 1 aliphatic heterocycles. The molecule has 3 aliphatic carbocycles. The highest BCUT2D eigenvalue weighted by molar-refractivity contribution is 5.81. The van der Waals surface area contributed by atoms with Gasteiger partial charge >= 0.3 is 0 Å². The van der Waals surface area contributed by atoms with Gasteiger partial charge in [0.05, 0.1) is 0 Å². The second-order valence-corrected chi connectivity index (χ2v) is 8.67. The summed E-state index contributed by atoms with van der Waals surface area (Å²) >= 11 is 0. The molecule has 0 radical (unpaired) electrons. The number of ketones is 1. The topological polar surface area (TPSA) is 40.5 Å². The van der Waals surface area contributed by atoms with Crippen molar-refractivity contribution in [3.63, 3.8) is 0 Å². The van der Waals surface area contributed by atoms with Crippen LogP contribution in [-0.2, 0) is 16.6 Å². The first-order valence-electron chi connectivity index (χ1n) is 9.74. The zero-order valence-corrected chi connectivity index (χ0v) is 14.3. The molecule has 0 aromatic heterocycles. The minimum absolute atomic E-state index is 0.00242. The predicted molar refractivity (Wildman–Crippen MR) is 93.2 cm³/mol. The summed E-state index contributed by atoms with van der Waals surface area (Å²) in [5.41, 5.74) is 2.67. The van der Waals surface area contributed by atoms with Crippen molar-refractivity contribution in [1.29, 1.82) is 0 Å². The van der Waals surface area contributed by atoms with E-state index >= 15 is 0 Å². The number of nitrogens with zero attached hydrogens (tertiary/aromatic N) is 1. The predicted octanol–water partition coefficient (Wildman–Crippen LogP) is 3.43. The van der Waals surface area contributed by atoms with E-state index in [0.717, 1.165) is 38.1 Å². The van der Waals surface area contributed by atoms with Gasteiger partial charge in [0, 0.05) is 30.8 Å². The lowest BCUT2D eigenvalue weighted by atomic mass is 9.52. The van der Waals surface area contributed by atoms with Crippen LogP contribution < -0.4 is 0 Å². The third-order valence-electron chi connectivity index (χ3n) is 7.51. The van der Waals surface area contributed by atoms with Gasteiger partial charge in [0.1, 0.15) is 11.5 Å². The molecule has 24 heavy (non-hydrogen) atoms. The number of piperidine rings is 1. The summed E-state index contributed by atoms with van der Waals surface area (Å²) in [6.45, 7) is 2.39. The van der Waals surface area contributed by atoms with Gasteiger partial charge in [-0.05, 0) is 73.7 Å². The second-order valence-electron chi connectivity index (χ2n) is 8.67. The Morgan fingerprint density at radius 2 is 2.12 bits per heavy atom. The van der Waals surface area contributed by atoms with Crippen molar-refractivity contribution in [2.75, 3.05) is 13.1 Å². The molecule has 0 amide bonds. The number of likely N-dealkylation sites (tertiary alicyclic amines) is 1.